The molecule has 3 aromatic rings. The first-order valence-electron chi connectivity index (χ1n) is 10.4. The van der Waals surface area contributed by atoms with Gasteiger partial charge in [0, 0.05) is 0 Å². The first-order valence-corrected chi connectivity index (χ1v) is 16.2. The molecule has 0 aliphatic carbocycles. The number of halogens is 2. The second-order valence-electron chi connectivity index (χ2n) is 7.53. The minimum atomic E-state index is -3.83. The summed E-state index contributed by atoms with van der Waals surface area (Å²) in [6.07, 6.45) is -0.184. The average Bonchev–Trinajstić information content (AvgIpc) is 2.77. The molecular formula is C24H22AsCl2NO6S. The minimum absolute atomic E-state index is 0.0214. The predicted molar refractivity (Wildman–Crippen MR) is 137 cm³/mol. The molecule has 1 atom stereocenters. The molecule has 7 nitrogen and oxygen atoms in total. The van der Waals surface area contributed by atoms with Gasteiger partial charge in [-0.05, 0) is 0 Å². The molecule has 0 bridgehead atoms. The molecule has 0 aromatic heterocycles. The van der Waals surface area contributed by atoms with Crippen LogP contribution >= 0.6 is 23.2 Å². The number of amides is 1. The predicted octanol–water partition coefficient (Wildman–Crippen LogP) is 3.92. The first kappa shape index (κ1) is 27.1. The zero-order chi connectivity index (χ0) is 25.8. The number of benzene rings is 3. The van der Waals surface area contributed by atoms with Gasteiger partial charge in [-0.1, -0.05) is 0 Å². The fraction of sp³-hybridized carbons (Fsp3) is 0.167. The summed E-state index contributed by atoms with van der Waals surface area (Å²) in [5.74, 6) is -0.716. The molecule has 1 amide bonds. The molecule has 3 aromatic carbocycles. The van der Waals surface area contributed by atoms with E-state index in [1.807, 2.05) is 0 Å². The summed E-state index contributed by atoms with van der Waals surface area (Å²) in [6.45, 7) is 3.88. The van der Waals surface area contributed by atoms with Crippen molar-refractivity contribution < 1.29 is 27.9 Å². The van der Waals surface area contributed by atoms with Crippen molar-refractivity contribution in [2.75, 3.05) is 6.54 Å². The van der Waals surface area contributed by atoms with E-state index in [0.29, 0.717) is 38.4 Å². The van der Waals surface area contributed by atoms with Gasteiger partial charge in [0.05, 0.1) is 0 Å². The maximum atomic E-state index is 13.4. The standard InChI is InChI=1S/C24H22AsCl2NO6S/c1-3-28-24(31)16-7-8-21(34-17-6-4-5-15(10-17)11-23(29)30)18(12-16)25-35(32,33)22-9-14(2)19(26)13-20(22)27/h4-10,12-13,25H,3,11H2,1-2H3,(H,28,31)(H,29,30). The van der Waals surface area contributed by atoms with E-state index in [-0.39, 0.29) is 28.0 Å². The molecule has 0 saturated heterocycles. The van der Waals surface area contributed by atoms with Crippen LogP contribution in [0.3, 0.4) is 0 Å². The van der Waals surface area contributed by atoms with Crippen LogP contribution in [0.15, 0.2) is 59.5 Å². The molecule has 0 fully saturated rings. The zero-order valence-corrected chi connectivity index (χ0v) is 23.2. The number of aryl methyl sites for hydroxylation is 1. The van der Waals surface area contributed by atoms with Crippen molar-refractivity contribution in [2.45, 2.75) is 25.2 Å². The van der Waals surface area contributed by atoms with Gasteiger partial charge in [0.25, 0.3) is 0 Å². The van der Waals surface area contributed by atoms with Crippen LogP contribution in [0.2, 0.25) is 10.0 Å². The van der Waals surface area contributed by atoms with Crippen LogP contribution < -0.4 is 14.4 Å². The summed E-state index contributed by atoms with van der Waals surface area (Å²) in [4.78, 5) is 23.4. The summed E-state index contributed by atoms with van der Waals surface area (Å²) < 4.78 is 33.1. The van der Waals surface area contributed by atoms with Crippen molar-refractivity contribution in [3.05, 3.63) is 81.3 Å². The summed E-state index contributed by atoms with van der Waals surface area (Å²) in [6, 6.07) is 13.9. The van der Waals surface area contributed by atoms with Gasteiger partial charge in [0.1, 0.15) is 0 Å². The van der Waals surface area contributed by atoms with Crippen molar-refractivity contribution in [1.29, 1.82) is 0 Å². The number of carbonyl (C=O) groups excluding carboxylic acids is 1. The first-order chi connectivity index (χ1) is 16.5. The van der Waals surface area contributed by atoms with Crippen molar-refractivity contribution in [2.24, 2.45) is 0 Å². The monoisotopic (exact) mass is 597 g/mol. The number of aliphatic carboxylic acids is 1. The van der Waals surface area contributed by atoms with E-state index in [1.54, 1.807) is 44.2 Å². The number of carboxylic acid groups (broad SMARTS) is 1. The third-order valence-corrected chi connectivity index (χ3v) is 12.3. The maximum absolute atomic E-state index is 13.4. The Morgan fingerprint density at radius 1 is 1.06 bits per heavy atom. The Kier molecular flexibility index (Phi) is 8.88. The summed E-state index contributed by atoms with van der Waals surface area (Å²) in [7, 11) is -3.83. The molecule has 0 spiro atoms. The van der Waals surface area contributed by atoms with Gasteiger partial charge < -0.3 is 0 Å². The SMILES string of the molecule is CCNC(=O)c1ccc(Oc2cccc(CC(=O)O)c2)c([AsH]S(=O)(=O)c2cc(C)c(Cl)cc2Cl)c1. The Morgan fingerprint density at radius 2 is 1.80 bits per heavy atom. The number of hydrogen-bond acceptors (Lipinski definition) is 5. The van der Waals surface area contributed by atoms with Gasteiger partial charge in [-0.25, -0.2) is 0 Å². The Bertz CT molecular complexity index is 1390. The zero-order valence-electron chi connectivity index (χ0n) is 18.8. The molecule has 35 heavy (non-hydrogen) atoms. The van der Waals surface area contributed by atoms with Gasteiger partial charge in [-0.2, -0.15) is 0 Å². The van der Waals surface area contributed by atoms with Crippen molar-refractivity contribution in [1.82, 2.24) is 5.32 Å². The molecule has 2 N–H and O–H groups in total. The Hall–Kier alpha value is -2.51. The Labute approximate surface area is 219 Å². The summed E-state index contributed by atoms with van der Waals surface area (Å²) in [5.41, 5.74) is 1.40. The van der Waals surface area contributed by atoms with Crippen LogP contribution in [0, 0.1) is 6.92 Å². The van der Waals surface area contributed by atoms with Crippen molar-refractivity contribution in [3.8, 4) is 11.5 Å². The number of ether oxygens (including phenoxy) is 1. The van der Waals surface area contributed by atoms with E-state index in [1.165, 1.54) is 24.3 Å². The van der Waals surface area contributed by atoms with Crippen LogP contribution in [-0.2, 0) is 19.3 Å². The Balaban J connectivity index is 2.04. The molecule has 0 aliphatic heterocycles. The van der Waals surface area contributed by atoms with Gasteiger partial charge in [0.15, 0.2) is 0 Å². The molecule has 0 aliphatic rings. The van der Waals surface area contributed by atoms with E-state index < -0.39 is 28.7 Å². The fourth-order valence-corrected chi connectivity index (χ4v) is 10.7. The number of rotatable bonds is 9. The van der Waals surface area contributed by atoms with Gasteiger partial charge in [-0.15, -0.1) is 0 Å². The molecule has 11 heteroatoms. The molecular weight excluding hydrogens is 576 g/mol. The van der Waals surface area contributed by atoms with E-state index in [9.17, 15) is 18.0 Å². The number of carbonyl (C=O) groups is 2. The van der Waals surface area contributed by atoms with E-state index in [2.05, 4.69) is 5.32 Å². The summed E-state index contributed by atoms with van der Waals surface area (Å²) >= 11 is 10.3. The molecule has 184 valence electrons. The quantitative estimate of drug-likeness (QED) is 0.362. The molecule has 0 radical (unpaired) electrons. The van der Waals surface area contributed by atoms with Crippen LogP contribution in [0.1, 0.15) is 28.4 Å². The topological polar surface area (TPSA) is 110 Å². The van der Waals surface area contributed by atoms with E-state index >= 15 is 0 Å². The fourth-order valence-electron chi connectivity index (χ4n) is 3.16. The van der Waals surface area contributed by atoms with Crippen molar-refractivity contribution in [3.63, 3.8) is 0 Å². The van der Waals surface area contributed by atoms with Crippen molar-refractivity contribution >= 4 is 62.1 Å². The summed E-state index contributed by atoms with van der Waals surface area (Å²) in [5, 5.41) is 12.1. The van der Waals surface area contributed by atoms with Gasteiger partial charge >= 0.3 is 220 Å². The number of nitrogens with one attached hydrogen (secondary N) is 1. The van der Waals surface area contributed by atoms with Gasteiger partial charge in [0.2, 0.25) is 0 Å². The molecule has 0 saturated carbocycles. The van der Waals surface area contributed by atoms with Crippen LogP contribution in [0.4, 0.5) is 0 Å². The molecule has 1 unspecified atom stereocenters. The average molecular weight is 598 g/mol. The normalized spacial score (nSPS) is 11.5. The third-order valence-electron chi connectivity index (χ3n) is 4.81. The second kappa shape index (κ2) is 11.5. The van der Waals surface area contributed by atoms with E-state index in [4.69, 9.17) is 33.0 Å². The van der Waals surface area contributed by atoms with Gasteiger partial charge in [-0.3, -0.25) is 0 Å². The molecule has 3 rings (SSSR count). The third kappa shape index (κ3) is 7.01. The number of carboxylic acids is 1. The molecule has 0 heterocycles. The van der Waals surface area contributed by atoms with Crippen LogP contribution in [-0.4, -0.2) is 46.5 Å². The van der Waals surface area contributed by atoms with E-state index in [0.717, 1.165) is 0 Å². The number of hydrogen-bond donors (Lipinski definition) is 2. The van der Waals surface area contributed by atoms with Crippen LogP contribution in [0.25, 0.3) is 0 Å². The Morgan fingerprint density at radius 3 is 2.49 bits per heavy atom. The second-order valence-corrected chi connectivity index (χ2v) is 15.8. The van der Waals surface area contributed by atoms with Crippen LogP contribution in [0.5, 0.6) is 11.5 Å².